The quantitative estimate of drug-likeness (QED) is 0.723. The lowest BCUT2D eigenvalue weighted by molar-refractivity contribution is 0.261. The van der Waals surface area contributed by atoms with Gasteiger partial charge in [0.15, 0.2) is 0 Å². The van der Waals surface area contributed by atoms with E-state index in [2.05, 4.69) is 24.1 Å². The molecule has 0 spiro atoms. The molecule has 1 aromatic carbocycles. The van der Waals surface area contributed by atoms with Gasteiger partial charge in [-0.15, -0.1) is 0 Å². The van der Waals surface area contributed by atoms with Crippen LogP contribution in [0.1, 0.15) is 20.3 Å². The molecule has 0 bridgehead atoms. The zero-order valence-corrected chi connectivity index (χ0v) is 10.8. The molecule has 4 heteroatoms. The lowest BCUT2D eigenvalue weighted by Crippen LogP contribution is -2.32. The van der Waals surface area contributed by atoms with Gasteiger partial charge in [-0.2, -0.15) is 0 Å². The molecule has 0 amide bonds. The van der Waals surface area contributed by atoms with Gasteiger partial charge in [-0.1, -0.05) is 0 Å². The number of nitrogens with zero attached hydrogens (tertiary/aromatic N) is 1. The van der Waals surface area contributed by atoms with Gasteiger partial charge in [-0.3, -0.25) is 4.98 Å². The summed E-state index contributed by atoms with van der Waals surface area (Å²) in [5.41, 5.74) is 7.52. The molecule has 2 rings (SSSR count). The van der Waals surface area contributed by atoms with Crippen LogP contribution >= 0.6 is 0 Å². The number of anilines is 2. The third-order valence-electron chi connectivity index (χ3n) is 3.06. The van der Waals surface area contributed by atoms with Gasteiger partial charge in [0.25, 0.3) is 0 Å². The van der Waals surface area contributed by atoms with Crippen molar-refractivity contribution >= 4 is 22.1 Å². The number of nitrogen functional groups attached to an aromatic ring is 1. The predicted molar refractivity (Wildman–Crippen MR) is 75.6 cm³/mol. The van der Waals surface area contributed by atoms with Gasteiger partial charge in [-0.25, -0.2) is 0 Å². The number of aromatic nitrogens is 1. The van der Waals surface area contributed by atoms with Crippen molar-refractivity contribution in [1.82, 2.24) is 4.98 Å². The largest absolute Gasteiger partial charge is 0.398 e. The number of hydrogen-bond acceptors (Lipinski definition) is 4. The Labute approximate surface area is 107 Å². The fraction of sp³-hybridized carbons (Fsp3) is 0.357. The van der Waals surface area contributed by atoms with E-state index >= 15 is 0 Å². The van der Waals surface area contributed by atoms with E-state index in [1.807, 2.05) is 24.4 Å². The van der Waals surface area contributed by atoms with Crippen molar-refractivity contribution in [2.45, 2.75) is 25.8 Å². The minimum Gasteiger partial charge on any atom is -0.398 e. The lowest BCUT2D eigenvalue weighted by Gasteiger charge is -2.27. The fourth-order valence-electron chi connectivity index (χ4n) is 2.03. The number of nitrogens with one attached hydrogen (secondary N) is 1. The van der Waals surface area contributed by atoms with Crippen molar-refractivity contribution in [2.75, 3.05) is 17.7 Å². The molecular formula is C14H19N3O. The van der Waals surface area contributed by atoms with E-state index < -0.39 is 0 Å². The maximum atomic E-state index is 9.06. The van der Waals surface area contributed by atoms with Crippen molar-refractivity contribution in [3.63, 3.8) is 0 Å². The van der Waals surface area contributed by atoms with Gasteiger partial charge in [0, 0.05) is 46.7 Å². The summed E-state index contributed by atoms with van der Waals surface area (Å²) < 4.78 is 0. The normalized spacial score (nSPS) is 11.7. The lowest BCUT2D eigenvalue weighted by atomic mass is 9.99. The molecule has 18 heavy (non-hydrogen) atoms. The second-order valence-corrected chi connectivity index (χ2v) is 5.11. The minimum atomic E-state index is -0.173. The Balaban J connectivity index is 2.43. The highest BCUT2D eigenvalue weighted by molar-refractivity contribution is 6.00. The van der Waals surface area contributed by atoms with Crippen molar-refractivity contribution in [2.24, 2.45) is 0 Å². The molecule has 0 saturated carbocycles. The van der Waals surface area contributed by atoms with Gasteiger partial charge < -0.3 is 16.2 Å². The van der Waals surface area contributed by atoms with Crippen LogP contribution in [0.25, 0.3) is 10.8 Å². The first-order valence-electron chi connectivity index (χ1n) is 6.05. The first-order chi connectivity index (χ1) is 8.53. The third kappa shape index (κ3) is 2.54. The fourth-order valence-corrected chi connectivity index (χ4v) is 2.03. The maximum Gasteiger partial charge on any atom is 0.0453 e. The van der Waals surface area contributed by atoms with E-state index in [9.17, 15) is 0 Å². The zero-order valence-electron chi connectivity index (χ0n) is 10.8. The highest BCUT2D eigenvalue weighted by Crippen LogP contribution is 2.29. The first-order valence-corrected chi connectivity index (χ1v) is 6.05. The average molecular weight is 245 g/mol. The molecule has 0 aliphatic carbocycles. The molecule has 0 atom stereocenters. The number of pyridine rings is 1. The molecule has 1 aromatic heterocycles. The van der Waals surface area contributed by atoms with E-state index in [1.54, 1.807) is 6.20 Å². The molecule has 0 aliphatic heterocycles. The summed E-state index contributed by atoms with van der Waals surface area (Å²) in [5.74, 6) is 0. The molecule has 0 fully saturated rings. The van der Waals surface area contributed by atoms with Gasteiger partial charge >= 0.3 is 0 Å². The van der Waals surface area contributed by atoms with Crippen LogP contribution in [0.3, 0.4) is 0 Å². The van der Waals surface area contributed by atoms with Crippen molar-refractivity contribution < 1.29 is 5.11 Å². The summed E-state index contributed by atoms with van der Waals surface area (Å²) in [6, 6.07) is 5.76. The molecule has 4 N–H and O–H groups in total. The molecule has 0 radical (unpaired) electrons. The van der Waals surface area contributed by atoms with E-state index in [-0.39, 0.29) is 12.1 Å². The first kappa shape index (κ1) is 12.6. The highest BCUT2D eigenvalue weighted by Gasteiger charge is 2.17. The standard InChI is InChI=1S/C14H19N3O/c1-14(2,6-8-18)17-13-4-3-12(15)10-5-7-16-9-11(10)13/h3-5,7,9,17-18H,6,8,15H2,1-2H3. The number of fused-ring (bicyclic) bond motifs is 1. The van der Waals surface area contributed by atoms with E-state index in [1.165, 1.54) is 0 Å². The monoisotopic (exact) mass is 245 g/mol. The van der Waals surface area contributed by atoms with Gasteiger partial charge in [0.05, 0.1) is 0 Å². The Morgan fingerprint density at radius 1 is 1.28 bits per heavy atom. The zero-order chi connectivity index (χ0) is 13.2. The SMILES string of the molecule is CC(C)(CCO)Nc1ccc(N)c2ccncc12. The summed E-state index contributed by atoms with van der Waals surface area (Å²) in [6.45, 7) is 4.27. The summed E-state index contributed by atoms with van der Waals surface area (Å²) >= 11 is 0. The molecule has 1 heterocycles. The smallest absolute Gasteiger partial charge is 0.0453 e. The summed E-state index contributed by atoms with van der Waals surface area (Å²) in [5, 5.41) is 14.5. The Morgan fingerprint density at radius 3 is 2.78 bits per heavy atom. The van der Waals surface area contributed by atoms with Gasteiger partial charge in [-0.05, 0) is 38.5 Å². The topological polar surface area (TPSA) is 71.2 Å². The van der Waals surface area contributed by atoms with E-state index in [0.717, 1.165) is 22.1 Å². The second-order valence-electron chi connectivity index (χ2n) is 5.11. The Kier molecular flexibility index (Phi) is 3.39. The van der Waals surface area contributed by atoms with Gasteiger partial charge in [0.2, 0.25) is 0 Å². The van der Waals surface area contributed by atoms with Crippen LogP contribution < -0.4 is 11.1 Å². The summed E-state index contributed by atoms with van der Waals surface area (Å²) in [7, 11) is 0. The van der Waals surface area contributed by atoms with Crippen LogP contribution in [0.4, 0.5) is 11.4 Å². The number of aliphatic hydroxyl groups excluding tert-OH is 1. The summed E-state index contributed by atoms with van der Waals surface area (Å²) in [4.78, 5) is 4.15. The third-order valence-corrected chi connectivity index (χ3v) is 3.06. The molecule has 0 saturated heterocycles. The number of aliphatic hydroxyl groups is 1. The van der Waals surface area contributed by atoms with Crippen LogP contribution in [-0.4, -0.2) is 22.2 Å². The summed E-state index contributed by atoms with van der Waals surface area (Å²) in [6.07, 6.45) is 4.23. The number of hydrogen-bond donors (Lipinski definition) is 3. The van der Waals surface area contributed by atoms with Crippen molar-refractivity contribution in [3.05, 3.63) is 30.6 Å². The number of rotatable bonds is 4. The van der Waals surface area contributed by atoms with Crippen LogP contribution in [0.2, 0.25) is 0 Å². The molecule has 0 aliphatic rings. The second kappa shape index (κ2) is 4.82. The van der Waals surface area contributed by atoms with Gasteiger partial charge in [0.1, 0.15) is 0 Å². The maximum absolute atomic E-state index is 9.06. The molecule has 4 nitrogen and oxygen atoms in total. The van der Waals surface area contributed by atoms with Crippen LogP contribution in [0.15, 0.2) is 30.6 Å². The molecular weight excluding hydrogens is 226 g/mol. The Hall–Kier alpha value is -1.81. The Morgan fingerprint density at radius 2 is 2.06 bits per heavy atom. The molecule has 96 valence electrons. The Bertz CT molecular complexity index is 552. The van der Waals surface area contributed by atoms with Crippen LogP contribution in [0, 0.1) is 0 Å². The van der Waals surface area contributed by atoms with Crippen molar-refractivity contribution in [3.8, 4) is 0 Å². The minimum absolute atomic E-state index is 0.158. The van der Waals surface area contributed by atoms with Crippen LogP contribution in [0.5, 0.6) is 0 Å². The van der Waals surface area contributed by atoms with Crippen molar-refractivity contribution in [1.29, 1.82) is 0 Å². The number of nitrogens with two attached hydrogens (primary N) is 1. The molecule has 2 aromatic rings. The average Bonchev–Trinajstić information content (AvgIpc) is 2.33. The van der Waals surface area contributed by atoms with Crippen LogP contribution in [-0.2, 0) is 0 Å². The highest BCUT2D eigenvalue weighted by atomic mass is 16.3. The van der Waals surface area contributed by atoms with E-state index in [0.29, 0.717) is 6.42 Å². The van der Waals surface area contributed by atoms with E-state index in [4.69, 9.17) is 10.8 Å². The predicted octanol–water partition coefficient (Wildman–Crippen LogP) is 2.39. The molecule has 0 unspecified atom stereocenters. The number of benzene rings is 1.